The summed E-state index contributed by atoms with van der Waals surface area (Å²) >= 11 is 0. The first kappa shape index (κ1) is 20.3. The maximum atomic E-state index is 5.99. The summed E-state index contributed by atoms with van der Waals surface area (Å²) in [5.41, 5.74) is 1.76. The van der Waals surface area contributed by atoms with E-state index in [1.807, 2.05) is 12.1 Å². The molecule has 0 bridgehead atoms. The van der Waals surface area contributed by atoms with E-state index in [1.54, 1.807) is 7.11 Å². The molecule has 1 fully saturated rings. The lowest BCUT2D eigenvalue weighted by molar-refractivity contribution is -0.110. The Labute approximate surface area is 154 Å². The molecule has 1 N–H and O–H groups in total. The van der Waals surface area contributed by atoms with Crippen LogP contribution in [0.4, 0.5) is 0 Å². The Hall–Kier alpha value is -1.06. The molecule has 0 aliphatic carbocycles. The molecule has 0 aromatic heterocycles. The van der Waals surface area contributed by atoms with Crippen LogP contribution >= 0.6 is 0 Å². The molecule has 0 amide bonds. The third-order valence-corrected chi connectivity index (χ3v) is 5.50. The molecule has 3 heteroatoms. The topological polar surface area (TPSA) is 30.5 Å². The minimum absolute atomic E-state index is 0.0191. The van der Waals surface area contributed by atoms with E-state index < -0.39 is 0 Å². The zero-order valence-electron chi connectivity index (χ0n) is 16.9. The molecule has 2 rings (SSSR count). The second-order valence-electron chi connectivity index (χ2n) is 8.74. The van der Waals surface area contributed by atoms with Crippen LogP contribution in [0.2, 0.25) is 0 Å². The summed E-state index contributed by atoms with van der Waals surface area (Å²) in [7, 11) is 1.71. The van der Waals surface area contributed by atoms with Gasteiger partial charge in [-0.05, 0) is 75.1 Å². The number of methoxy groups -OCH3 is 1. The highest BCUT2D eigenvalue weighted by atomic mass is 16.5. The third-order valence-electron chi connectivity index (χ3n) is 5.50. The van der Waals surface area contributed by atoms with Gasteiger partial charge in [-0.15, -0.1) is 0 Å². The molecule has 1 aromatic carbocycles. The Morgan fingerprint density at radius 3 is 2.48 bits per heavy atom. The summed E-state index contributed by atoms with van der Waals surface area (Å²) in [6.45, 7) is 12.1. The fourth-order valence-electron chi connectivity index (χ4n) is 4.06. The van der Waals surface area contributed by atoms with E-state index in [1.165, 1.54) is 37.7 Å². The van der Waals surface area contributed by atoms with Crippen molar-refractivity contribution in [1.82, 2.24) is 5.32 Å². The van der Waals surface area contributed by atoms with Crippen molar-refractivity contribution in [3.8, 4) is 5.75 Å². The monoisotopic (exact) mass is 347 g/mol. The fraction of sp³-hybridized carbons (Fsp3) is 0.727. The fourth-order valence-corrected chi connectivity index (χ4v) is 4.06. The second-order valence-corrected chi connectivity index (χ2v) is 8.74. The van der Waals surface area contributed by atoms with E-state index in [0.29, 0.717) is 5.41 Å². The van der Waals surface area contributed by atoms with E-state index in [4.69, 9.17) is 9.47 Å². The van der Waals surface area contributed by atoms with E-state index in [-0.39, 0.29) is 5.60 Å². The lowest BCUT2D eigenvalue weighted by atomic mass is 9.68. The minimum Gasteiger partial charge on any atom is -0.497 e. The third kappa shape index (κ3) is 6.63. The SMILES string of the molecule is COc1ccc(CNCCC2(CCC(C)C)CCOC(C)(C)C2)cc1. The van der Waals surface area contributed by atoms with Crippen molar-refractivity contribution in [2.75, 3.05) is 20.3 Å². The average molecular weight is 348 g/mol. The summed E-state index contributed by atoms with van der Waals surface area (Å²) in [4.78, 5) is 0. The molecular weight excluding hydrogens is 310 g/mol. The molecule has 1 aliphatic heterocycles. The van der Waals surface area contributed by atoms with E-state index in [0.717, 1.165) is 31.4 Å². The van der Waals surface area contributed by atoms with Gasteiger partial charge in [0, 0.05) is 13.2 Å². The van der Waals surface area contributed by atoms with Crippen LogP contribution in [0.5, 0.6) is 5.75 Å². The Morgan fingerprint density at radius 2 is 1.88 bits per heavy atom. The predicted molar refractivity (Wildman–Crippen MR) is 105 cm³/mol. The molecule has 25 heavy (non-hydrogen) atoms. The van der Waals surface area contributed by atoms with Crippen molar-refractivity contribution in [3.63, 3.8) is 0 Å². The van der Waals surface area contributed by atoms with Gasteiger partial charge in [-0.2, -0.15) is 0 Å². The molecule has 1 aromatic rings. The standard InChI is InChI=1S/C22H37NO2/c1-18(2)10-11-22(13-15-25-21(3,4)17-22)12-14-23-16-19-6-8-20(24-5)9-7-19/h6-9,18,23H,10-17H2,1-5H3. The van der Waals surface area contributed by atoms with Crippen LogP contribution in [0.25, 0.3) is 0 Å². The lowest BCUT2D eigenvalue weighted by Crippen LogP contribution is -2.42. The van der Waals surface area contributed by atoms with Crippen LogP contribution in [-0.2, 0) is 11.3 Å². The van der Waals surface area contributed by atoms with Crippen molar-refractivity contribution in [2.45, 2.75) is 71.9 Å². The second kappa shape index (κ2) is 9.05. The maximum Gasteiger partial charge on any atom is 0.118 e. The van der Waals surface area contributed by atoms with Gasteiger partial charge in [0.25, 0.3) is 0 Å². The van der Waals surface area contributed by atoms with Crippen LogP contribution in [0.15, 0.2) is 24.3 Å². The molecule has 0 radical (unpaired) electrons. The highest BCUT2D eigenvalue weighted by molar-refractivity contribution is 5.26. The first-order valence-electron chi connectivity index (χ1n) is 9.82. The van der Waals surface area contributed by atoms with Crippen molar-refractivity contribution >= 4 is 0 Å². The number of benzene rings is 1. The summed E-state index contributed by atoms with van der Waals surface area (Å²) in [5.74, 6) is 1.69. The normalized spacial score (nSPS) is 23.0. The zero-order chi connectivity index (χ0) is 18.3. The quantitative estimate of drug-likeness (QED) is 0.624. The van der Waals surface area contributed by atoms with Crippen LogP contribution in [-0.4, -0.2) is 25.9 Å². The zero-order valence-corrected chi connectivity index (χ0v) is 16.9. The van der Waals surface area contributed by atoms with E-state index >= 15 is 0 Å². The smallest absolute Gasteiger partial charge is 0.118 e. The molecule has 1 heterocycles. The highest BCUT2D eigenvalue weighted by Gasteiger charge is 2.40. The van der Waals surface area contributed by atoms with Gasteiger partial charge >= 0.3 is 0 Å². The summed E-state index contributed by atoms with van der Waals surface area (Å²) in [5, 5.41) is 3.64. The number of rotatable bonds is 9. The van der Waals surface area contributed by atoms with Gasteiger partial charge in [0.15, 0.2) is 0 Å². The molecule has 0 saturated carbocycles. The Balaban J connectivity index is 1.86. The summed E-state index contributed by atoms with van der Waals surface area (Å²) in [6, 6.07) is 8.33. The van der Waals surface area contributed by atoms with Gasteiger partial charge in [-0.3, -0.25) is 0 Å². The molecule has 1 atom stereocenters. The number of nitrogens with one attached hydrogen (secondary N) is 1. The van der Waals surface area contributed by atoms with Gasteiger partial charge in [0.2, 0.25) is 0 Å². The van der Waals surface area contributed by atoms with Crippen LogP contribution < -0.4 is 10.1 Å². The summed E-state index contributed by atoms with van der Waals surface area (Å²) in [6.07, 6.45) is 6.25. The van der Waals surface area contributed by atoms with Crippen molar-refractivity contribution < 1.29 is 9.47 Å². The van der Waals surface area contributed by atoms with Gasteiger partial charge in [-0.25, -0.2) is 0 Å². The number of ether oxygens (including phenoxy) is 2. The van der Waals surface area contributed by atoms with Crippen LogP contribution in [0.1, 0.15) is 65.4 Å². The maximum absolute atomic E-state index is 5.99. The lowest BCUT2D eigenvalue weighted by Gasteiger charge is -2.45. The Kier molecular flexibility index (Phi) is 7.33. The first-order chi connectivity index (χ1) is 11.8. The Bertz CT molecular complexity index is 509. The predicted octanol–water partition coefficient (Wildman–Crippen LogP) is 5.19. The first-order valence-corrected chi connectivity index (χ1v) is 9.82. The van der Waals surface area contributed by atoms with Gasteiger partial charge in [-0.1, -0.05) is 32.4 Å². The van der Waals surface area contributed by atoms with Gasteiger partial charge in [0.05, 0.1) is 12.7 Å². The number of hydrogen-bond acceptors (Lipinski definition) is 3. The van der Waals surface area contributed by atoms with Crippen LogP contribution in [0.3, 0.4) is 0 Å². The average Bonchev–Trinajstić information content (AvgIpc) is 2.57. The Morgan fingerprint density at radius 1 is 1.16 bits per heavy atom. The summed E-state index contributed by atoms with van der Waals surface area (Å²) < 4.78 is 11.2. The van der Waals surface area contributed by atoms with E-state index in [2.05, 4.69) is 45.1 Å². The molecule has 1 aliphatic rings. The highest BCUT2D eigenvalue weighted by Crippen LogP contribution is 2.45. The van der Waals surface area contributed by atoms with Crippen molar-refractivity contribution in [2.24, 2.45) is 11.3 Å². The molecule has 1 unspecified atom stereocenters. The largest absolute Gasteiger partial charge is 0.497 e. The van der Waals surface area contributed by atoms with Crippen molar-refractivity contribution in [1.29, 1.82) is 0 Å². The van der Waals surface area contributed by atoms with Gasteiger partial charge < -0.3 is 14.8 Å². The molecule has 3 nitrogen and oxygen atoms in total. The molecule has 1 saturated heterocycles. The molecular formula is C22H37NO2. The molecule has 0 spiro atoms. The minimum atomic E-state index is 0.0191. The number of hydrogen-bond donors (Lipinski definition) is 1. The van der Waals surface area contributed by atoms with E-state index in [9.17, 15) is 0 Å². The van der Waals surface area contributed by atoms with Crippen LogP contribution in [0, 0.1) is 11.3 Å². The molecule has 142 valence electrons. The van der Waals surface area contributed by atoms with Crippen molar-refractivity contribution in [3.05, 3.63) is 29.8 Å². The van der Waals surface area contributed by atoms with Gasteiger partial charge in [0.1, 0.15) is 5.75 Å².